The fourth-order valence-electron chi connectivity index (χ4n) is 1.57. The fraction of sp³-hybridized carbons (Fsp3) is 0.200. The van der Waals surface area contributed by atoms with Crippen molar-refractivity contribution in [2.45, 2.75) is 6.92 Å². The van der Waals surface area contributed by atoms with Crippen molar-refractivity contribution in [3.8, 4) is 0 Å². The van der Waals surface area contributed by atoms with Crippen LogP contribution in [0.4, 0.5) is 11.4 Å². The van der Waals surface area contributed by atoms with Crippen LogP contribution in [0.2, 0.25) is 5.02 Å². The molecular weight excluding hydrogens is 216 g/mol. The van der Waals surface area contributed by atoms with E-state index in [2.05, 4.69) is 5.32 Å². The van der Waals surface area contributed by atoms with Gasteiger partial charge in [0.2, 0.25) is 11.8 Å². The Morgan fingerprint density at radius 3 is 2.93 bits per heavy atom. The van der Waals surface area contributed by atoms with E-state index in [1.54, 1.807) is 18.2 Å². The zero-order chi connectivity index (χ0) is 11.0. The number of amides is 2. The smallest absolute Gasteiger partial charge is 0.244 e. The molecule has 0 spiro atoms. The Balaban J connectivity index is 2.57. The van der Waals surface area contributed by atoms with Gasteiger partial charge in [-0.2, -0.15) is 0 Å². The molecule has 15 heavy (non-hydrogen) atoms. The number of nitrogens with zero attached hydrogens (tertiary/aromatic N) is 1. The molecule has 0 bridgehead atoms. The Morgan fingerprint density at radius 1 is 1.53 bits per heavy atom. The first kappa shape index (κ1) is 9.98. The molecule has 0 saturated heterocycles. The van der Waals surface area contributed by atoms with Gasteiger partial charge >= 0.3 is 0 Å². The number of carbonyl (C=O) groups excluding carboxylic acids is 2. The minimum absolute atomic E-state index is 0.0199. The van der Waals surface area contributed by atoms with Gasteiger partial charge in [-0.3, -0.25) is 14.5 Å². The molecule has 1 aliphatic heterocycles. The van der Waals surface area contributed by atoms with Crippen LogP contribution in [0.5, 0.6) is 0 Å². The lowest BCUT2D eigenvalue weighted by Gasteiger charge is -2.28. The monoisotopic (exact) mass is 224 g/mol. The largest absolute Gasteiger partial charge is 0.323 e. The van der Waals surface area contributed by atoms with E-state index in [0.717, 1.165) is 0 Å². The van der Waals surface area contributed by atoms with Crippen molar-refractivity contribution in [1.82, 2.24) is 0 Å². The Morgan fingerprint density at radius 2 is 2.27 bits per heavy atom. The number of nitrogens with one attached hydrogen (secondary N) is 1. The number of carbonyl (C=O) groups is 2. The van der Waals surface area contributed by atoms with E-state index in [1.807, 2.05) is 0 Å². The summed E-state index contributed by atoms with van der Waals surface area (Å²) in [5.74, 6) is -0.404. The maximum absolute atomic E-state index is 11.3. The molecule has 1 aromatic carbocycles. The zero-order valence-corrected chi connectivity index (χ0v) is 8.84. The van der Waals surface area contributed by atoms with Crippen LogP contribution in [0.1, 0.15) is 6.92 Å². The molecule has 5 heteroatoms. The average molecular weight is 225 g/mol. The third-order valence-corrected chi connectivity index (χ3v) is 2.52. The van der Waals surface area contributed by atoms with E-state index < -0.39 is 0 Å². The molecule has 0 unspecified atom stereocenters. The van der Waals surface area contributed by atoms with E-state index >= 15 is 0 Å². The number of halogens is 1. The molecule has 0 fully saturated rings. The minimum atomic E-state index is -0.208. The summed E-state index contributed by atoms with van der Waals surface area (Å²) in [6, 6.07) is 5.13. The molecule has 4 nitrogen and oxygen atoms in total. The highest BCUT2D eigenvalue weighted by Gasteiger charge is 2.26. The summed E-state index contributed by atoms with van der Waals surface area (Å²) >= 11 is 5.98. The van der Waals surface area contributed by atoms with Gasteiger partial charge in [0, 0.05) is 6.92 Å². The third-order valence-electron chi connectivity index (χ3n) is 2.21. The van der Waals surface area contributed by atoms with Gasteiger partial charge in [-0.25, -0.2) is 0 Å². The van der Waals surface area contributed by atoms with Crippen LogP contribution in [0.15, 0.2) is 18.2 Å². The Hall–Kier alpha value is -1.55. The van der Waals surface area contributed by atoms with Crippen molar-refractivity contribution >= 4 is 34.8 Å². The molecule has 2 rings (SSSR count). The first-order chi connectivity index (χ1) is 7.09. The number of anilines is 2. The van der Waals surface area contributed by atoms with Crippen LogP contribution in [-0.4, -0.2) is 18.4 Å². The average Bonchev–Trinajstić information content (AvgIpc) is 2.16. The highest BCUT2D eigenvalue weighted by Crippen LogP contribution is 2.36. The van der Waals surface area contributed by atoms with E-state index in [1.165, 1.54) is 11.8 Å². The standard InChI is InChI=1S/C10H9ClN2O2/c1-6(14)13-5-9(15)12-8-4-2-3-7(11)10(8)13/h2-4H,5H2,1H3,(H,12,15). The van der Waals surface area contributed by atoms with Crippen LogP contribution in [0.3, 0.4) is 0 Å². The summed E-state index contributed by atoms with van der Waals surface area (Å²) in [7, 11) is 0. The van der Waals surface area contributed by atoms with E-state index in [0.29, 0.717) is 16.4 Å². The van der Waals surface area contributed by atoms with Gasteiger partial charge in [-0.1, -0.05) is 17.7 Å². The highest BCUT2D eigenvalue weighted by atomic mass is 35.5. The number of benzene rings is 1. The quantitative estimate of drug-likeness (QED) is 0.729. The molecule has 0 aromatic heterocycles. The van der Waals surface area contributed by atoms with Crippen LogP contribution in [0.25, 0.3) is 0 Å². The van der Waals surface area contributed by atoms with E-state index in [9.17, 15) is 9.59 Å². The Bertz CT molecular complexity index is 445. The van der Waals surface area contributed by atoms with E-state index in [4.69, 9.17) is 11.6 Å². The molecular formula is C10H9ClN2O2. The maximum Gasteiger partial charge on any atom is 0.244 e. The summed E-state index contributed by atoms with van der Waals surface area (Å²) in [4.78, 5) is 24.0. The van der Waals surface area contributed by atoms with Gasteiger partial charge < -0.3 is 5.32 Å². The summed E-state index contributed by atoms with van der Waals surface area (Å²) in [6.45, 7) is 1.43. The Kier molecular flexibility index (Phi) is 2.36. The lowest BCUT2D eigenvalue weighted by atomic mass is 10.2. The van der Waals surface area contributed by atoms with Gasteiger partial charge in [0.1, 0.15) is 6.54 Å². The van der Waals surface area contributed by atoms with Crippen LogP contribution in [0, 0.1) is 0 Å². The molecule has 1 N–H and O–H groups in total. The van der Waals surface area contributed by atoms with Crippen LogP contribution < -0.4 is 10.2 Å². The molecule has 1 aromatic rings. The van der Waals surface area contributed by atoms with Crippen LogP contribution >= 0.6 is 11.6 Å². The second kappa shape index (κ2) is 3.55. The maximum atomic E-state index is 11.3. The van der Waals surface area contributed by atoms with Gasteiger partial charge in [0.05, 0.1) is 16.4 Å². The summed E-state index contributed by atoms with van der Waals surface area (Å²) in [5.41, 5.74) is 1.15. The second-order valence-corrected chi connectivity index (χ2v) is 3.70. The van der Waals surface area contributed by atoms with Crippen molar-refractivity contribution in [3.05, 3.63) is 23.2 Å². The van der Waals surface area contributed by atoms with Crippen molar-refractivity contribution in [2.24, 2.45) is 0 Å². The lowest BCUT2D eigenvalue weighted by Crippen LogP contribution is -2.41. The van der Waals surface area contributed by atoms with Gasteiger partial charge in [0.15, 0.2) is 0 Å². The number of hydrogen-bond acceptors (Lipinski definition) is 2. The number of fused-ring (bicyclic) bond motifs is 1. The molecule has 2 amide bonds. The minimum Gasteiger partial charge on any atom is -0.323 e. The molecule has 78 valence electrons. The van der Waals surface area contributed by atoms with Crippen molar-refractivity contribution in [2.75, 3.05) is 16.8 Å². The first-order valence-electron chi connectivity index (χ1n) is 4.46. The number of rotatable bonds is 0. The highest BCUT2D eigenvalue weighted by molar-refractivity contribution is 6.35. The SMILES string of the molecule is CC(=O)N1CC(=O)Nc2cccc(Cl)c21. The van der Waals surface area contributed by atoms with Crippen molar-refractivity contribution in [3.63, 3.8) is 0 Å². The molecule has 0 saturated carbocycles. The predicted octanol–water partition coefficient (Wildman–Crippen LogP) is 1.64. The van der Waals surface area contributed by atoms with Gasteiger partial charge in [0.25, 0.3) is 0 Å². The van der Waals surface area contributed by atoms with Crippen LogP contribution in [-0.2, 0) is 9.59 Å². The summed E-state index contributed by atoms with van der Waals surface area (Å²) in [6.07, 6.45) is 0. The Labute approximate surface area is 91.8 Å². The molecule has 0 atom stereocenters. The third kappa shape index (κ3) is 1.68. The van der Waals surface area contributed by atoms with Gasteiger partial charge in [-0.15, -0.1) is 0 Å². The molecule has 0 aliphatic carbocycles. The summed E-state index contributed by atoms with van der Waals surface area (Å²) in [5, 5.41) is 3.13. The topological polar surface area (TPSA) is 49.4 Å². The number of para-hydroxylation sites is 1. The number of hydrogen-bond donors (Lipinski definition) is 1. The normalized spacial score (nSPS) is 14.5. The predicted molar refractivity (Wildman–Crippen MR) is 58.1 cm³/mol. The molecule has 0 radical (unpaired) electrons. The van der Waals surface area contributed by atoms with Crippen molar-refractivity contribution in [1.29, 1.82) is 0 Å². The lowest BCUT2D eigenvalue weighted by molar-refractivity contribution is -0.120. The summed E-state index contributed by atoms with van der Waals surface area (Å²) < 4.78 is 0. The first-order valence-corrected chi connectivity index (χ1v) is 4.84. The molecule has 1 aliphatic rings. The molecule has 1 heterocycles. The fourth-order valence-corrected chi connectivity index (χ4v) is 1.85. The van der Waals surface area contributed by atoms with Crippen molar-refractivity contribution < 1.29 is 9.59 Å². The second-order valence-electron chi connectivity index (χ2n) is 3.29. The van der Waals surface area contributed by atoms with E-state index in [-0.39, 0.29) is 18.4 Å². The zero-order valence-electron chi connectivity index (χ0n) is 8.08. The van der Waals surface area contributed by atoms with Gasteiger partial charge in [-0.05, 0) is 12.1 Å².